The molecule has 0 bridgehead atoms. The highest BCUT2D eigenvalue weighted by Crippen LogP contribution is 2.16. The van der Waals surface area contributed by atoms with E-state index in [9.17, 15) is 4.79 Å². The largest absolute Gasteiger partial charge is 0.365 e. The number of piperazine rings is 1. The van der Waals surface area contributed by atoms with Gasteiger partial charge in [0, 0.05) is 56.9 Å². The van der Waals surface area contributed by atoms with Crippen LogP contribution in [-0.4, -0.2) is 51.8 Å². The highest BCUT2D eigenvalue weighted by Gasteiger charge is 2.22. The van der Waals surface area contributed by atoms with Crippen LogP contribution in [0.2, 0.25) is 0 Å². The number of carbonyl (C=O) groups excluding carboxylic acids is 1. The molecule has 3 rings (SSSR count). The molecule has 0 atom stereocenters. The molecule has 0 radical (unpaired) electrons. The maximum Gasteiger partial charge on any atom is 0.254 e. The van der Waals surface area contributed by atoms with Crippen molar-refractivity contribution in [2.45, 2.75) is 6.92 Å². The van der Waals surface area contributed by atoms with Gasteiger partial charge < -0.3 is 9.80 Å². The first kappa shape index (κ1) is 13.6. The van der Waals surface area contributed by atoms with Gasteiger partial charge in [0.15, 0.2) is 0 Å². The number of nitrogens with zero attached hydrogens (tertiary/aromatic N) is 5. The van der Waals surface area contributed by atoms with Crippen LogP contribution in [0, 0.1) is 6.92 Å². The Balaban J connectivity index is 1.64. The van der Waals surface area contributed by atoms with Crippen LogP contribution in [0.4, 0.5) is 5.69 Å². The zero-order valence-corrected chi connectivity index (χ0v) is 12.4. The molecule has 21 heavy (non-hydrogen) atoms. The number of aromatic nitrogens is 3. The Hall–Kier alpha value is -2.37. The lowest BCUT2D eigenvalue weighted by atomic mass is 10.2. The quantitative estimate of drug-likeness (QED) is 0.829. The number of hydrogen-bond donors (Lipinski definition) is 0. The Morgan fingerprint density at radius 1 is 1.24 bits per heavy atom. The summed E-state index contributed by atoms with van der Waals surface area (Å²) in [7, 11) is 1.91. The third kappa shape index (κ3) is 2.89. The van der Waals surface area contributed by atoms with Crippen LogP contribution in [-0.2, 0) is 7.05 Å². The normalized spacial score (nSPS) is 15.3. The lowest BCUT2D eigenvalue weighted by Crippen LogP contribution is -2.48. The maximum absolute atomic E-state index is 12.5. The number of anilines is 1. The van der Waals surface area contributed by atoms with Gasteiger partial charge in [-0.15, -0.1) is 0 Å². The molecule has 2 aromatic heterocycles. The number of aryl methyl sites for hydroxylation is 2. The van der Waals surface area contributed by atoms with Crippen molar-refractivity contribution >= 4 is 11.6 Å². The molecule has 6 nitrogen and oxygen atoms in total. The van der Waals surface area contributed by atoms with Crippen LogP contribution >= 0.6 is 0 Å². The second-order valence-corrected chi connectivity index (χ2v) is 5.34. The molecular formula is C15H19N5O. The van der Waals surface area contributed by atoms with E-state index in [1.165, 1.54) is 0 Å². The molecule has 0 unspecified atom stereocenters. The van der Waals surface area contributed by atoms with E-state index in [-0.39, 0.29) is 5.91 Å². The second kappa shape index (κ2) is 5.55. The first-order valence-electron chi connectivity index (χ1n) is 7.09. The van der Waals surface area contributed by atoms with Gasteiger partial charge in [-0.05, 0) is 19.1 Å². The van der Waals surface area contributed by atoms with E-state index in [4.69, 9.17) is 0 Å². The average Bonchev–Trinajstić information content (AvgIpc) is 2.93. The molecule has 1 saturated heterocycles. The highest BCUT2D eigenvalue weighted by molar-refractivity contribution is 5.94. The summed E-state index contributed by atoms with van der Waals surface area (Å²) in [5.74, 6) is 0.0892. The fraction of sp³-hybridized carbons (Fsp3) is 0.400. The second-order valence-electron chi connectivity index (χ2n) is 5.34. The van der Waals surface area contributed by atoms with Crippen molar-refractivity contribution in [3.05, 3.63) is 42.0 Å². The van der Waals surface area contributed by atoms with Crippen molar-refractivity contribution < 1.29 is 4.79 Å². The predicted molar refractivity (Wildman–Crippen MR) is 80.3 cm³/mol. The van der Waals surface area contributed by atoms with E-state index in [2.05, 4.69) is 15.0 Å². The Bertz CT molecular complexity index is 643. The summed E-state index contributed by atoms with van der Waals surface area (Å²) in [5.41, 5.74) is 2.71. The van der Waals surface area contributed by atoms with Gasteiger partial charge in [-0.25, -0.2) is 0 Å². The van der Waals surface area contributed by atoms with Crippen molar-refractivity contribution in [3.63, 3.8) is 0 Å². The third-order valence-electron chi connectivity index (χ3n) is 3.77. The van der Waals surface area contributed by atoms with Gasteiger partial charge in [-0.1, -0.05) is 0 Å². The number of carbonyl (C=O) groups is 1. The standard InChI is InChI=1S/C15H19N5O/c1-12-9-13(3-4-16-12)15(21)20-7-5-19(6-8-20)14-10-17-18(2)11-14/h3-4,9-11H,5-8H2,1-2H3. The van der Waals surface area contributed by atoms with E-state index in [0.717, 1.165) is 43.1 Å². The molecule has 0 aromatic carbocycles. The average molecular weight is 285 g/mol. The molecule has 1 fully saturated rings. The molecule has 0 aliphatic carbocycles. The summed E-state index contributed by atoms with van der Waals surface area (Å²) < 4.78 is 1.80. The highest BCUT2D eigenvalue weighted by atomic mass is 16.2. The Morgan fingerprint density at radius 2 is 2.00 bits per heavy atom. The number of amides is 1. The van der Waals surface area contributed by atoms with Crippen LogP contribution in [0.5, 0.6) is 0 Å². The zero-order valence-electron chi connectivity index (χ0n) is 12.4. The van der Waals surface area contributed by atoms with Gasteiger partial charge in [-0.2, -0.15) is 5.10 Å². The molecule has 0 saturated carbocycles. The summed E-state index contributed by atoms with van der Waals surface area (Å²) in [6, 6.07) is 3.62. The molecule has 6 heteroatoms. The third-order valence-corrected chi connectivity index (χ3v) is 3.77. The molecular weight excluding hydrogens is 266 g/mol. The SMILES string of the molecule is Cc1cc(C(=O)N2CCN(c3cnn(C)c3)CC2)ccn1. The first-order chi connectivity index (χ1) is 10.1. The van der Waals surface area contributed by atoms with E-state index < -0.39 is 0 Å². The van der Waals surface area contributed by atoms with Crippen LogP contribution in [0.1, 0.15) is 16.1 Å². The van der Waals surface area contributed by atoms with Crippen molar-refractivity contribution in [2.24, 2.45) is 7.05 Å². The van der Waals surface area contributed by atoms with Crippen molar-refractivity contribution in [1.29, 1.82) is 0 Å². The summed E-state index contributed by atoms with van der Waals surface area (Å²) in [5, 5.41) is 4.19. The summed E-state index contributed by atoms with van der Waals surface area (Å²) >= 11 is 0. The van der Waals surface area contributed by atoms with Crippen LogP contribution < -0.4 is 4.90 Å². The van der Waals surface area contributed by atoms with Gasteiger partial charge in [0.25, 0.3) is 5.91 Å². The van der Waals surface area contributed by atoms with E-state index in [1.54, 1.807) is 16.9 Å². The summed E-state index contributed by atoms with van der Waals surface area (Å²) in [6.45, 7) is 5.03. The summed E-state index contributed by atoms with van der Waals surface area (Å²) in [6.07, 6.45) is 5.56. The molecule has 0 spiro atoms. The molecule has 1 aliphatic rings. The lowest BCUT2D eigenvalue weighted by molar-refractivity contribution is 0.0746. The van der Waals surface area contributed by atoms with Crippen molar-refractivity contribution in [2.75, 3.05) is 31.1 Å². The van der Waals surface area contributed by atoms with E-state index >= 15 is 0 Å². The molecule has 1 amide bonds. The lowest BCUT2D eigenvalue weighted by Gasteiger charge is -2.35. The van der Waals surface area contributed by atoms with Crippen molar-refractivity contribution in [1.82, 2.24) is 19.7 Å². The Morgan fingerprint density at radius 3 is 2.62 bits per heavy atom. The minimum atomic E-state index is 0.0892. The van der Waals surface area contributed by atoms with Crippen LogP contribution in [0.15, 0.2) is 30.7 Å². The monoisotopic (exact) mass is 285 g/mol. The Kier molecular flexibility index (Phi) is 3.60. The van der Waals surface area contributed by atoms with Crippen molar-refractivity contribution in [3.8, 4) is 0 Å². The molecule has 3 heterocycles. The molecule has 1 aliphatic heterocycles. The van der Waals surface area contributed by atoms with Gasteiger partial charge in [0.2, 0.25) is 0 Å². The minimum Gasteiger partial charge on any atom is -0.365 e. The fourth-order valence-corrected chi connectivity index (χ4v) is 2.60. The smallest absolute Gasteiger partial charge is 0.254 e. The predicted octanol–water partition coefficient (Wildman–Crippen LogP) is 1.09. The Labute approximate surface area is 124 Å². The zero-order chi connectivity index (χ0) is 14.8. The molecule has 0 N–H and O–H groups in total. The van der Waals surface area contributed by atoms with Gasteiger partial charge >= 0.3 is 0 Å². The maximum atomic E-state index is 12.5. The van der Waals surface area contributed by atoms with Gasteiger partial charge in [0.05, 0.1) is 11.9 Å². The topological polar surface area (TPSA) is 54.3 Å². The molecule has 2 aromatic rings. The number of hydrogen-bond acceptors (Lipinski definition) is 4. The van der Waals surface area contributed by atoms with Crippen LogP contribution in [0.25, 0.3) is 0 Å². The minimum absolute atomic E-state index is 0.0892. The van der Waals surface area contributed by atoms with E-state index in [0.29, 0.717) is 0 Å². The van der Waals surface area contributed by atoms with Crippen LogP contribution in [0.3, 0.4) is 0 Å². The van der Waals surface area contributed by atoms with E-state index in [1.807, 2.05) is 37.3 Å². The summed E-state index contributed by atoms with van der Waals surface area (Å²) in [4.78, 5) is 20.8. The number of pyridine rings is 1. The number of rotatable bonds is 2. The van der Waals surface area contributed by atoms with Gasteiger partial charge in [0.1, 0.15) is 0 Å². The molecule has 110 valence electrons. The van der Waals surface area contributed by atoms with Gasteiger partial charge in [-0.3, -0.25) is 14.5 Å². The first-order valence-corrected chi connectivity index (χ1v) is 7.09. The fourth-order valence-electron chi connectivity index (χ4n) is 2.60.